The summed E-state index contributed by atoms with van der Waals surface area (Å²) < 4.78 is 13.3. The molecule has 2 heteroatoms. The van der Waals surface area contributed by atoms with E-state index in [1.54, 1.807) is 12.1 Å². The van der Waals surface area contributed by atoms with Gasteiger partial charge >= 0.3 is 0 Å². The number of benzene rings is 2. The second-order valence-corrected chi connectivity index (χ2v) is 5.51. The van der Waals surface area contributed by atoms with Crippen LogP contribution in [-0.4, -0.2) is 6.04 Å². The predicted octanol–water partition coefficient (Wildman–Crippen LogP) is 5.87. The molecule has 0 aliphatic heterocycles. The summed E-state index contributed by atoms with van der Waals surface area (Å²) in [7, 11) is 0. The molecule has 1 nitrogen and oxygen atoms in total. The van der Waals surface area contributed by atoms with Crippen molar-refractivity contribution in [1.82, 2.24) is 0 Å². The first-order chi connectivity index (χ1) is 10.2. The van der Waals surface area contributed by atoms with E-state index in [2.05, 4.69) is 31.3 Å². The highest BCUT2D eigenvalue weighted by molar-refractivity contribution is 5.66. The second kappa shape index (κ2) is 7.82. The maximum Gasteiger partial charge on any atom is 0.123 e. The van der Waals surface area contributed by atoms with Crippen molar-refractivity contribution in [2.45, 2.75) is 45.6 Å². The first kappa shape index (κ1) is 15.6. The number of rotatable bonds is 7. The van der Waals surface area contributed by atoms with Crippen LogP contribution in [0.4, 0.5) is 10.1 Å². The highest BCUT2D eigenvalue weighted by Gasteiger charge is 2.06. The van der Waals surface area contributed by atoms with Gasteiger partial charge in [0.15, 0.2) is 0 Å². The number of anilines is 1. The lowest BCUT2D eigenvalue weighted by molar-refractivity contribution is 0.586. The fourth-order valence-corrected chi connectivity index (χ4v) is 2.65. The molecule has 0 bridgehead atoms. The Morgan fingerprint density at radius 2 is 1.57 bits per heavy atom. The summed E-state index contributed by atoms with van der Waals surface area (Å²) in [5.74, 6) is -0.194. The third-order valence-corrected chi connectivity index (χ3v) is 3.69. The maximum absolute atomic E-state index is 13.3. The van der Waals surface area contributed by atoms with Crippen molar-refractivity contribution >= 4 is 5.69 Å². The van der Waals surface area contributed by atoms with Crippen molar-refractivity contribution in [3.05, 3.63) is 54.3 Å². The summed E-state index contributed by atoms with van der Waals surface area (Å²) in [6.45, 7) is 4.44. The first-order valence-electron chi connectivity index (χ1n) is 7.85. The molecule has 0 aliphatic rings. The predicted molar refractivity (Wildman–Crippen MR) is 89.1 cm³/mol. The standard InChI is InChI=1S/C19H24FN/c1-3-6-18(7-4-2)21-19-12-10-15(11-13-19)16-8-5-9-17(20)14-16/h5,8-14,18,21H,3-4,6-7H2,1-2H3. The van der Waals surface area contributed by atoms with Crippen LogP contribution < -0.4 is 5.32 Å². The van der Waals surface area contributed by atoms with E-state index < -0.39 is 0 Å². The molecule has 112 valence electrons. The van der Waals surface area contributed by atoms with Crippen LogP contribution in [-0.2, 0) is 0 Å². The summed E-state index contributed by atoms with van der Waals surface area (Å²) in [5.41, 5.74) is 3.10. The van der Waals surface area contributed by atoms with Crippen LogP contribution in [0.2, 0.25) is 0 Å². The van der Waals surface area contributed by atoms with Gasteiger partial charge < -0.3 is 5.32 Å². The zero-order valence-corrected chi connectivity index (χ0v) is 12.9. The molecule has 0 aromatic heterocycles. The van der Waals surface area contributed by atoms with Gasteiger partial charge in [-0.1, -0.05) is 51.0 Å². The number of hydrogen-bond donors (Lipinski definition) is 1. The molecular formula is C19H24FN. The highest BCUT2D eigenvalue weighted by Crippen LogP contribution is 2.23. The number of hydrogen-bond acceptors (Lipinski definition) is 1. The third-order valence-electron chi connectivity index (χ3n) is 3.69. The van der Waals surface area contributed by atoms with Crippen LogP contribution in [0.15, 0.2) is 48.5 Å². The van der Waals surface area contributed by atoms with E-state index in [4.69, 9.17) is 0 Å². The molecule has 0 saturated heterocycles. The molecule has 0 fully saturated rings. The van der Waals surface area contributed by atoms with E-state index in [0.717, 1.165) is 16.8 Å². The van der Waals surface area contributed by atoms with Crippen molar-refractivity contribution < 1.29 is 4.39 Å². The van der Waals surface area contributed by atoms with Gasteiger partial charge in [-0.3, -0.25) is 0 Å². The SMILES string of the molecule is CCCC(CCC)Nc1ccc(-c2cccc(F)c2)cc1. The van der Waals surface area contributed by atoms with E-state index in [0.29, 0.717) is 6.04 Å². The highest BCUT2D eigenvalue weighted by atomic mass is 19.1. The van der Waals surface area contributed by atoms with Gasteiger partial charge in [-0.15, -0.1) is 0 Å². The van der Waals surface area contributed by atoms with E-state index in [1.807, 2.05) is 18.2 Å². The minimum absolute atomic E-state index is 0.194. The van der Waals surface area contributed by atoms with Crippen LogP contribution in [0.5, 0.6) is 0 Å². The van der Waals surface area contributed by atoms with Crippen molar-refractivity contribution in [3.63, 3.8) is 0 Å². The molecule has 1 N–H and O–H groups in total. The number of halogens is 1. The zero-order valence-electron chi connectivity index (χ0n) is 12.9. The molecule has 0 aliphatic carbocycles. The summed E-state index contributed by atoms with van der Waals surface area (Å²) in [5, 5.41) is 3.60. The minimum atomic E-state index is -0.194. The largest absolute Gasteiger partial charge is 0.382 e. The molecule has 0 saturated carbocycles. The molecule has 2 aromatic carbocycles. The Kier molecular flexibility index (Phi) is 5.79. The molecule has 0 radical (unpaired) electrons. The maximum atomic E-state index is 13.3. The summed E-state index contributed by atoms with van der Waals surface area (Å²) in [6, 6.07) is 15.5. The lowest BCUT2D eigenvalue weighted by Gasteiger charge is -2.19. The van der Waals surface area contributed by atoms with Crippen molar-refractivity contribution in [1.29, 1.82) is 0 Å². The Morgan fingerprint density at radius 1 is 0.905 bits per heavy atom. The molecule has 0 unspecified atom stereocenters. The topological polar surface area (TPSA) is 12.0 Å². The van der Waals surface area contributed by atoms with E-state index in [9.17, 15) is 4.39 Å². The van der Waals surface area contributed by atoms with Crippen LogP contribution in [0.3, 0.4) is 0 Å². The number of nitrogens with one attached hydrogen (secondary N) is 1. The van der Waals surface area contributed by atoms with Gasteiger partial charge in [-0.05, 0) is 48.2 Å². The van der Waals surface area contributed by atoms with Crippen LogP contribution >= 0.6 is 0 Å². The second-order valence-electron chi connectivity index (χ2n) is 5.51. The average Bonchev–Trinajstić information content (AvgIpc) is 2.48. The molecule has 2 rings (SSSR count). The Balaban J connectivity index is 2.07. The van der Waals surface area contributed by atoms with Gasteiger partial charge in [0.2, 0.25) is 0 Å². The summed E-state index contributed by atoms with van der Waals surface area (Å²) in [4.78, 5) is 0. The smallest absolute Gasteiger partial charge is 0.123 e. The normalized spacial score (nSPS) is 10.9. The molecule has 0 atom stereocenters. The van der Waals surface area contributed by atoms with Gasteiger partial charge in [0.1, 0.15) is 5.82 Å². The van der Waals surface area contributed by atoms with Crippen molar-refractivity contribution in [2.75, 3.05) is 5.32 Å². The lowest BCUT2D eigenvalue weighted by atomic mass is 10.0. The lowest BCUT2D eigenvalue weighted by Crippen LogP contribution is -2.18. The van der Waals surface area contributed by atoms with Gasteiger partial charge in [0.25, 0.3) is 0 Å². The Labute approximate surface area is 127 Å². The van der Waals surface area contributed by atoms with Crippen molar-refractivity contribution in [3.8, 4) is 11.1 Å². The molecular weight excluding hydrogens is 261 g/mol. The fraction of sp³-hybridized carbons (Fsp3) is 0.368. The van der Waals surface area contributed by atoms with Gasteiger partial charge in [-0.25, -0.2) is 4.39 Å². The molecule has 0 amide bonds. The molecule has 0 heterocycles. The van der Waals surface area contributed by atoms with Gasteiger partial charge in [-0.2, -0.15) is 0 Å². The van der Waals surface area contributed by atoms with Crippen molar-refractivity contribution in [2.24, 2.45) is 0 Å². The third kappa shape index (κ3) is 4.59. The fourth-order valence-electron chi connectivity index (χ4n) is 2.65. The minimum Gasteiger partial charge on any atom is -0.382 e. The summed E-state index contributed by atoms with van der Waals surface area (Å²) in [6.07, 6.45) is 4.77. The molecule has 21 heavy (non-hydrogen) atoms. The van der Waals surface area contributed by atoms with Gasteiger partial charge in [0, 0.05) is 11.7 Å². The Morgan fingerprint density at radius 3 is 2.14 bits per heavy atom. The molecule has 0 spiro atoms. The Bertz CT molecular complexity index is 542. The van der Waals surface area contributed by atoms with Gasteiger partial charge in [0.05, 0.1) is 0 Å². The first-order valence-corrected chi connectivity index (χ1v) is 7.85. The average molecular weight is 285 g/mol. The van der Waals surface area contributed by atoms with E-state index >= 15 is 0 Å². The van der Waals surface area contributed by atoms with E-state index in [-0.39, 0.29) is 5.82 Å². The summed E-state index contributed by atoms with van der Waals surface area (Å²) >= 11 is 0. The van der Waals surface area contributed by atoms with E-state index in [1.165, 1.54) is 31.7 Å². The molecule has 2 aromatic rings. The Hall–Kier alpha value is -1.83. The van der Waals surface area contributed by atoms with Crippen LogP contribution in [0.25, 0.3) is 11.1 Å². The quantitative estimate of drug-likeness (QED) is 0.670. The monoisotopic (exact) mass is 285 g/mol. The van der Waals surface area contributed by atoms with Crippen LogP contribution in [0.1, 0.15) is 39.5 Å². The van der Waals surface area contributed by atoms with Crippen LogP contribution in [0, 0.1) is 5.82 Å². The zero-order chi connectivity index (χ0) is 15.1.